The highest BCUT2D eigenvalue weighted by atomic mass is 16.5. The zero-order valence-electron chi connectivity index (χ0n) is 26.3. The molecule has 0 unspecified atom stereocenters. The van der Waals surface area contributed by atoms with Gasteiger partial charge in [0, 0.05) is 35.8 Å². The molecule has 0 radical (unpaired) electrons. The molecule has 2 heterocycles. The summed E-state index contributed by atoms with van der Waals surface area (Å²) in [5, 5.41) is 0. The van der Waals surface area contributed by atoms with E-state index < -0.39 is 11.9 Å². The molecule has 0 fully saturated rings. The smallest absolute Gasteiger partial charge is 0.330 e. The number of carbonyl (C=O) groups excluding carboxylic acids is 2. The SMILES string of the molecule is C=CC(=O)OCCCOc1ccc2c(c1)C(C)(C)c1cc(C)cc3c1N2c1ccc(OCCCOC(=O)C=C)cc1C3(C)C. The first kappa shape index (κ1) is 30.9. The Morgan fingerprint density at radius 3 is 1.52 bits per heavy atom. The van der Waals surface area contributed by atoms with E-state index in [1.807, 2.05) is 12.1 Å². The summed E-state index contributed by atoms with van der Waals surface area (Å²) in [6, 6.07) is 17.2. The van der Waals surface area contributed by atoms with E-state index in [2.05, 4.69) is 89.1 Å². The van der Waals surface area contributed by atoms with Crippen molar-refractivity contribution >= 4 is 29.0 Å². The zero-order chi connectivity index (χ0) is 31.6. The standard InChI is InChI=1S/C37H41NO6/c1-8-33(39)43-18-10-16-41-25-12-14-31-27(22-25)36(4,5)29-20-24(3)21-30-35(29)38(31)32-15-13-26(23-28(32)37(30,6)7)42-17-11-19-44-34(40)9-2/h8-9,12-15,20-23H,1-2,10-11,16-19H2,3-7H3. The van der Waals surface area contributed by atoms with E-state index in [4.69, 9.17) is 18.9 Å². The van der Waals surface area contributed by atoms with Gasteiger partial charge in [-0.2, -0.15) is 0 Å². The van der Waals surface area contributed by atoms with Crippen molar-refractivity contribution in [2.45, 2.75) is 58.3 Å². The largest absolute Gasteiger partial charge is 0.493 e. The number of carbonyl (C=O) groups is 2. The summed E-state index contributed by atoms with van der Waals surface area (Å²) in [5.74, 6) is 0.708. The Hall–Kier alpha value is -4.52. The van der Waals surface area contributed by atoms with E-state index >= 15 is 0 Å². The van der Waals surface area contributed by atoms with Crippen molar-refractivity contribution in [1.82, 2.24) is 0 Å². The Morgan fingerprint density at radius 2 is 1.11 bits per heavy atom. The minimum atomic E-state index is -0.427. The normalized spacial score (nSPS) is 14.8. The van der Waals surface area contributed by atoms with Gasteiger partial charge in [-0.3, -0.25) is 0 Å². The van der Waals surface area contributed by atoms with E-state index in [0.717, 1.165) is 35.0 Å². The van der Waals surface area contributed by atoms with E-state index in [-0.39, 0.29) is 24.0 Å². The third-order valence-corrected chi connectivity index (χ3v) is 8.53. The molecule has 0 amide bonds. The van der Waals surface area contributed by atoms with Gasteiger partial charge in [0.25, 0.3) is 0 Å². The van der Waals surface area contributed by atoms with Crippen LogP contribution in [0.2, 0.25) is 0 Å². The number of anilines is 3. The van der Waals surface area contributed by atoms with Crippen LogP contribution in [0.4, 0.5) is 17.1 Å². The maximum atomic E-state index is 11.3. The van der Waals surface area contributed by atoms with Crippen molar-refractivity contribution in [1.29, 1.82) is 0 Å². The van der Waals surface area contributed by atoms with Crippen molar-refractivity contribution in [2.75, 3.05) is 31.3 Å². The fourth-order valence-corrected chi connectivity index (χ4v) is 6.20. The van der Waals surface area contributed by atoms with Crippen LogP contribution in [0.1, 0.15) is 68.4 Å². The predicted molar refractivity (Wildman–Crippen MR) is 173 cm³/mol. The van der Waals surface area contributed by atoms with Crippen molar-refractivity contribution in [3.8, 4) is 11.5 Å². The Bertz CT molecular complexity index is 1500. The lowest BCUT2D eigenvalue weighted by molar-refractivity contribution is -0.138. The summed E-state index contributed by atoms with van der Waals surface area (Å²) in [4.78, 5) is 25.0. The lowest BCUT2D eigenvalue weighted by Crippen LogP contribution is -2.38. The minimum absolute atomic E-state index is 0.271. The van der Waals surface area contributed by atoms with Gasteiger partial charge in [-0.15, -0.1) is 0 Å². The predicted octanol–water partition coefficient (Wildman–Crippen LogP) is 7.74. The Morgan fingerprint density at radius 1 is 0.682 bits per heavy atom. The maximum absolute atomic E-state index is 11.3. The zero-order valence-corrected chi connectivity index (χ0v) is 26.3. The number of rotatable bonds is 12. The van der Waals surface area contributed by atoms with Crippen LogP contribution in [-0.2, 0) is 29.9 Å². The number of esters is 2. The van der Waals surface area contributed by atoms with Gasteiger partial charge in [-0.05, 0) is 65.6 Å². The molecule has 3 aromatic carbocycles. The fraction of sp³-hybridized carbons (Fsp3) is 0.351. The summed E-state index contributed by atoms with van der Waals surface area (Å²) in [5.41, 5.74) is 9.07. The molecule has 0 bridgehead atoms. The first-order valence-corrected chi connectivity index (χ1v) is 15.1. The van der Waals surface area contributed by atoms with Crippen LogP contribution in [-0.4, -0.2) is 38.4 Å². The number of hydrogen-bond donors (Lipinski definition) is 0. The van der Waals surface area contributed by atoms with Gasteiger partial charge >= 0.3 is 11.9 Å². The molecule has 44 heavy (non-hydrogen) atoms. The Balaban J connectivity index is 1.48. The molecule has 0 aliphatic carbocycles. The van der Waals surface area contributed by atoms with E-state index in [9.17, 15) is 9.59 Å². The second kappa shape index (κ2) is 12.2. The van der Waals surface area contributed by atoms with Crippen LogP contribution in [0.15, 0.2) is 73.8 Å². The molecule has 0 N–H and O–H groups in total. The molecule has 0 saturated carbocycles. The molecular formula is C37H41NO6. The van der Waals surface area contributed by atoms with Crippen LogP contribution in [0.5, 0.6) is 11.5 Å². The second-order valence-electron chi connectivity index (χ2n) is 12.3. The third kappa shape index (κ3) is 5.71. The highest BCUT2D eigenvalue weighted by Gasteiger charge is 2.45. The maximum Gasteiger partial charge on any atom is 0.330 e. The van der Waals surface area contributed by atoms with Gasteiger partial charge in [0.05, 0.1) is 43.5 Å². The molecule has 7 heteroatoms. The first-order chi connectivity index (χ1) is 21.0. The summed E-state index contributed by atoms with van der Waals surface area (Å²) >= 11 is 0. The Kier molecular flexibility index (Phi) is 8.60. The van der Waals surface area contributed by atoms with E-state index in [1.165, 1.54) is 33.5 Å². The number of nitrogens with zero attached hydrogens (tertiary/aromatic N) is 1. The van der Waals surface area contributed by atoms with Gasteiger partial charge in [-0.25, -0.2) is 9.59 Å². The Labute approximate surface area is 260 Å². The van der Waals surface area contributed by atoms with Crippen LogP contribution in [0.3, 0.4) is 0 Å². The number of benzene rings is 3. The van der Waals surface area contributed by atoms with Gasteiger partial charge in [-0.1, -0.05) is 58.5 Å². The van der Waals surface area contributed by atoms with Crippen molar-refractivity contribution in [2.24, 2.45) is 0 Å². The molecule has 0 saturated heterocycles. The topological polar surface area (TPSA) is 74.3 Å². The quantitative estimate of drug-likeness (QED) is 0.120. The minimum Gasteiger partial charge on any atom is -0.493 e. The average molecular weight is 596 g/mol. The lowest BCUT2D eigenvalue weighted by atomic mass is 9.66. The highest BCUT2D eigenvalue weighted by Crippen LogP contribution is 2.60. The molecule has 0 spiro atoms. The molecule has 2 aliphatic rings. The summed E-state index contributed by atoms with van der Waals surface area (Å²) in [6.07, 6.45) is 3.50. The lowest BCUT2D eigenvalue weighted by Gasteiger charge is -2.49. The van der Waals surface area contributed by atoms with Gasteiger partial charge < -0.3 is 23.8 Å². The molecule has 0 atom stereocenters. The van der Waals surface area contributed by atoms with Gasteiger partial charge in [0.1, 0.15) is 11.5 Å². The van der Waals surface area contributed by atoms with Crippen LogP contribution in [0, 0.1) is 6.92 Å². The third-order valence-electron chi connectivity index (χ3n) is 8.53. The molecule has 2 aliphatic heterocycles. The summed E-state index contributed by atoms with van der Waals surface area (Å²) in [6.45, 7) is 19.6. The summed E-state index contributed by atoms with van der Waals surface area (Å²) < 4.78 is 22.4. The number of ether oxygens (including phenoxy) is 4. The van der Waals surface area contributed by atoms with Crippen molar-refractivity contribution in [3.05, 3.63) is 102 Å². The molecule has 230 valence electrons. The van der Waals surface area contributed by atoms with Crippen LogP contribution >= 0.6 is 0 Å². The average Bonchev–Trinajstić information content (AvgIpc) is 3.00. The van der Waals surface area contributed by atoms with Crippen molar-refractivity contribution < 1.29 is 28.5 Å². The summed E-state index contributed by atoms with van der Waals surface area (Å²) in [7, 11) is 0. The molecular weight excluding hydrogens is 554 g/mol. The van der Waals surface area contributed by atoms with E-state index in [0.29, 0.717) is 26.1 Å². The fourth-order valence-electron chi connectivity index (χ4n) is 6.20. The number of aryl methyl sites for hydroxylation is 1. The molecule has 0 aromatic heterocycles. The van der Waals surface area contributed by atoms with E-state index in [1.54, 1.807) is 0 Å². The van der Waals surface area contributed by atoms with Gasteiger partial charge in [0.2, 0.25) is 0 Å². The van der Waals surface area contributed by atoms with Gasteiger partial charge in [0.15, 0.2) is 0 Å². The molecule has 5 rings (SSSR count). The monoisotopic (exact) mass is 595 g/mol. The van der Waals surface area contributed by atoms with Crippen LogP contribution in [0.25, 0.3) is 0 Å². The second-order valence-corrected chi connectivity index (χ2v) is 12.3. The molecule has 3 aromatic rings. The number of fused-ring (bicyclic) bond motifs is 4. The highest BCUT2D eigenvalue weighted by molar-refractivity contribution is 5.93. The number of hydrogen-bond acceptors (Lipinski definition) is 7. The van der Waals surface area contributed by atoms with Crippen molar-refractivity contribution in [3.63, 3.8) is 0 Å². The first-order valence-electron chi connectivity index (χ1n) is 15.1. The molecule has 7 nitrogen and oxygen atoms in total. The van der Waals surface area contributed by atoms with Crippen LogP contribution < -0.4 is 14.4 Å².